The number of carbonyl (C=O) groups is 1. The minimum absolute atomic E-state index is 0.0414. The number of aromatic nitrogens is 2. The van der Waals surface area contributed by atoms with Crippen molar-refractivity contribution in [2.45, 2.75) is 31.5 Å². The van der Waals surface area contributed by atoms with Crippen LogP contribution in [0.15, 0.2) is 29.4 Å². The molecule has 1 unspecified atom stereocenters. The number of rotatable bonds is 8. The Labute approximate surface area is 133 Å². The summed E-state index contributed by atoms with van der Waals surface area (Å²) < 4.78 is 2.18. The molecule has 1 aromatic heterocycles. The number of nitrogens with zero attached hydrogens (tertiary/aromatic N) is 2. The van der Waals surface area contributed by atoms with E-state index in [-0.39, 0.29) is 5.75 Å². The van der Waals surface area contributed by atoms with Gasteiger partial charge in [0.05, 0.1) is 16.8 Å². The zero-order valence-corrected chi connectivity index (χ0v) is 13.9. The number of benzene rings is 1. The molecule has 0 aliphatic rings. The molecule has 0 aliphatic heterocycles. The first-order chi connectivity index (χ1) is 10.1. The molecule has 0 amide bonds. The first kappa shape index (κ1) is 16.2. The summed E-state index contributed by atoms with van der Waals surface area (Å²) in [6.45, 7) is 4.34. The molecule has 0 saturated heterocycles. The minimum atomic E-state index is -0.812. The third-order valence-corrected chi connectivity index (χ3v) is 5.08. The van der Waals surface area contributed by atoms with Crippen molar-refractivity contribution in [3.8, 4) is 0 Å². The molecular weight excluding hydrogens is 304 g/mol. The maximum atomic E-state index is 10.8. The average Bonchev–Trinajstić information content (AvgIpc) is 2.83. The van der Waals surface area contributed by atoms with Crippen molar-refractivity contribution in [3.63, 3.8) is 0 Å². The Morgan fingerprint density at radius 2 is 2.19 bits per heavy atom. The number of aliphatic carboxylic acids is 1. The molecule has 114 valence electrons. The zero-order chi connectivity index (χ0) is 15.2. The van der Waals surface area contributed by atoms with Gasteiger partial charge in [-0.25, -0.2) is 4.98 Å². The Morgan fingerprint density at radius 1 is 1.43 bits per heavy atom. The van der Waals surface area contributed by atoms with Crippen LogP contribution in [0.1, 0.15) is 26.3 Å². The molecule has 0 fully saturated rings. The van der Waals surface area contributed by atoms with Crippen molar-refractivity contribution in [1.29, 1.82) is 0 Å². The van der Waals surface area contributed by atoms with Gasteiger partial charge >= 0.3 is 5.97 Å². The number of hydrogen-bond donors (Lipinski definition) is 1. The fourth-order valence-electron chi connectivity index (χ4n) is 2.20. The van der Waals surface area contributed by atoms with Crippen LogP contribution < -0.4 is 0 Å². The maximum Gasteiger partial charge on any atom is 0.313 e. The topological polar surface area (TPSA) is 55.1 Å². The predicted octanol–water partition coefficient (Wildman–Crippen LogP) is 3.92. The molecule has 1 N–H and O–H groups in total. The van der Waals surface area contributed by atoms with Gasteiger partial charge in [0, 0.05) is 6.04 Å². The van der Waals surface area contributed by atoms with E-state index in [2.05, 4.69) is 29.5 Å². The standard InChI is InChI=1S/C15H20N2O2S2/c1-3-20-9-8-11(2)17-13-7-5-4-6-12(13)16-15(17)21-10-14(18)19/h4-7,11H,3,8-10H2,1-2H3,(H,18,19). The van der Waals surface area contributed by atoms with Gasteiger partial charge in [-0.1, -0.05) is 30.8 Å². The molecule has 2 rings (SSSR count). The molecule has 4 nitrogen and oxygen atoms in total. The van der Waals surface area contributed by atoms with Gasteiger partial charge in [-0.05, 0) is 37.0 Å². The van der Waals surface area contributed by atoms with E-state index in [9.17, 15) is 4.79 Å². The number of carboxylic acids is 1. The van der Waals surface area contributed by atoms with Crippen molar-refractivity contribution in [2.75, 3.05) is 17.3 Å². The highest BCUT2D eigenvalue weighted by Crippen LogP contribution is 2.29. The second-order valence-corrected chi connectivity index (χ2v) is 7.11. The molecule has 21 heavy (non-hydrogen) atoms. The highest BCUT2D eigenvalue weighted by molar-refractivity contribution is 7.99. The molecule has 0 saturated carbocycles. The van der Waals surface area contributed by atoms with Crippen molar-refractivity contribution >= 4 is 40.5 Å². The van der Waals surface area contributed by atoms with Crippen molar-refractivity contribution in [2.24, 2.45) is 0 Å². The lowest BCUT2D eigenvalue weighted by molar-refractivity contribution is -0.133. The average molecular weight is 324 g/mol. The lowest BCUT2D eigenvalue weighted by Crippen LogP contribution is -2.09. The molecule has 2 aromatic rings. The fourth-order valence-corrected chi connectivity index (χ4v) is 3.83. The first-order valence-corrected chi connectivity index (χ1v) is 9.16. The van der Waals surface area contributed by atoms with E-state index in [0.717, 1.165) is 34.1 Å². The molecule has 0 radical (unpaired) electrons. The van der Waals surface area contributed by atoms with Gasteiger partial charge in [0.15, 0.2) is 5.16 Å². The summed E-state index contributed by atoms with van der Waals surface area (Å²) in [6, 6.07) is 8.30. The van der Waals surface area contributed by atoms with Crippen molar-refractivity contribution < 1.29 is 9.90 Å². The second-order valence-electron chi connectivity index (χ2n) is 4.77. The van der Waals surface area contributed by atoms with Gasteiger partial charge in [0.1, 0.15) is 0 Å². The van der Waals surface area contributed by atoms with Crippen LogP contribution in [0.3, 0.4) is 0 Å². The van der Waals surface area contributed by atoms with Crippen LogP contribution >= 0.6 is 23.5 Å². The van der Waals surface area contributed by atoms with Gasteiger partial charge in [0.25, 0.3) is 0 Å². The molecule has 1 heterocycles. The fraction of sp³-hybridized carbons (Fsp3) is 0.467. The van der Waals surface area contributed by atoms with E-state index in [1.54, 1.807) is 0 Å². The molecular formula is C15H20N2O2S2. The summed E-state index contributed by atoms with van der Waals surface area (Å²) in [5, 5.41) is 9.69. The van der Waals surface area contributed by atoms with Crippen LogP contribution in [-0.2, 0) is 4.79 Å². The number of fused-ring (bicyclic) bond motifs is 1. The van der Waals surface area contributed by atoms with Crippen molar-refractivity contribution in [1.82, 2.24) is 9.55 Å². The third kappa shape index (κ3) is 4.17. The van der Waals surface area contributed by atoms with Crippen LogP contribution in [0.5, 0.6) is 0 Å². The van der Waals surface area contributed by atoms with Crippen LogP contribution in [0.2, 0.25) is 0 Å². The Kier molecular flexibility index (Phi) is 5.99. The van der Waals surface area contributed by atoms with Crippen LogP contribution in [0, 0.1) is 0 Å². The van der Waals surface area contributed by atoms with E-state index >= 15 is 0 Å². The Morgan fingerprint density at radius 3 is 2.90 bits per heavy atom. The highest BCUT2D eigenvalue weighted by atomic mass is 32.2. The normalized spacial score (nSPS) is 12.7. The Bertz CT molecular complexity index is 613. The number of para-hydroxylation sites is 2. The number of thioether (sulfide) groups is 2. The number of hydrogen-bond acceptors (Lipinski definition) is 4. The van der Waals surface area contributed by atoms with Gasteiger partial charge in [0.2, 0.25) is 0 Å². The third-order valence-electron chi connectivity index (χ3n) is 3.21. The summed E-state index contributed by atoms with van der Waals surface area (Å²) in [5.41, 5.74) is 2.01. The highest BCUT2D eigenvalue weighted by Gasteiger charge is 2.16. The summed E-state index contributed by atoms with van der Waals surface area (Å²) in [5.74, 6) is 1.46. The van der Waals surface area contributed by atoms with E-state index in [1.165, 1.54) is 11.8 Å². The van der Waals surface area contributed by atoms with Crippen LogP contribution in [-0.4, -0.2) is 37.9 Å². The second kappa shape index (κ2) is 7.75. The maximum absolute atomic E-state index is 10.8. The van der Waals surface area contributed by atoms with E-state index in [4.69, 9.17) is 5.11 Å². The lowest BCUT2D eigenvalue weighted by Gasteiger charge is -2.16. The summed E-state index contributed by atoms with van der Waals surface area (Å²) in [7, 11) is 0. The number of imidazole rings is 1. The molecule has 0 aliphatic carbocycles. The van der Waals surface area contributed by atoms with E-state index in [1.807, 2.05) is 30.0 Å². The van der Waals surface area contributed by atoms with Crippen molar-refractivity contribution in [3.05, 3.63) is 24.3 Å². The van der Waals surface area contributed by atoms with Gasteiger partial charge < -0.3 is 9.67 Å². The summed E-state index contributed by atoms with van der Waals surface area (Å²) >= 11 is 3.22. The Hall–Kier alpha value is -1.14. The number of carboxylic acid groups (broad SMARTS) is 1. The van der Waals surface area contributed by atoms with E-state index < -0.39 is 5.97 Å². The molecule has 1 atom stereocenters. The van der Waals surface area contributed by atoms with Crippen LogP contribution in [0.4, 0.5) is 0 Å². The SMILES string of the molecule is CCSCCC(C)n1c(SCC(=O)O)nc2ccccc21. The quantitative estimate of drug-likeness (QED) is 0.589. The van der Waals surface area contributed by atoms with Gasteiger partial charge in [-0.2, -0.15) is 11.8 Å². The van der Waals surface area contributed by atoms with E-state index in [0.29, 0.717) is 6.04 Å². The Balaban J connectivity index is 2.28. The molecule has 6 heteroatoms. The molecule has 1 aromatic carbocycles. The first-order valence-electron chi connectivity index (χ1n) is 7.02. The monoisotopic (exact) mass is 324 g/mol. The molecule has 0 spiro atoms. The smallest absolute Gasteiger partial charge is 0.313 e. The van der Waals surface area contributed by atoms with Gasteiger partial charge in [-0.15, -0.1) is 0 Å². The van der Waals surface area contributed by atoms with Crippen LogP contribution in [0.25, 0.3) is 11.0 Å². The lowest BCUT2D eigenvalue weighted by atomic mass is 10.2. The largest absolute Gasteiger partial charge is 0.481 e. The summed E-state index contributed by atoms with van der Waals surface area (Å²) in [4.78, 5) is 15.4. The minimum Gasteiger partial charge on any atom is -0.481 e. The predicted molar refractivity (Wildman–Crippen MR) is 90.4 cm³/mol. The molecule has 0 bridgehead atoms. The summed E-state index contributed by atoms with van der Waals surface area (Å²) in [6.07, 6.45) is 1.06. The zero-order valence-electron chi connectivity index (χ0n) is 12.3. The van der Waals surface area contributed by atoms with Gasteiger partial charge in [-0.3, -0.25) is 4.79 Å².